The van der Waals surface area contributed by atoms with Gasteiger partial charge < -0.3 is 20.1 Å². The van der Waals surface area contributed by atoms with E-state index < -0.39 is 23.5 Å². The SMILES string of the molecule is CNC(=O)c1n[nH]c2cc(-c3cnc(OC)c(C(=O)N[C@@H](C)CC(=O)OC(C)(C)C)c3)ccc12. The van der Waals surface area contributed by atoms with Gasteiger partial charge in [0.05, 0.1) is 19.0 Å². The highest BCUT2D eigenvalue weighted by atomic mass is 16.6. The molecular weight excluding hydrogens is 438 g/mol. The molecule has 0 saturated heterocycles. The molecule has 0 spiro atoms. The molecule has 3 N–H and O–H groups in total. The molecule has 180 valence electrons. The highest BCUT2D eigenvalue weighted by Crippen LogP contribution is 2.28. The lowest BCUT2D eigenvalue weighted by Crippen LogP contribution is -2.36. The lowest BCUT2D eigenvalue weighted by Gasteiger charge is -2.21. The quantitative estimate of drug-likeness (QED) is 0.455. The van der Waals surface area contributed by atoms with Crippen molar-refractivity contribution in [2.24, 2.45) is 0 Å². The van der Waals surface area contributed by atoms with Gasteiger partial charge in [-0.15, -0.1) is 0 Å². The van der Waals surface area contributed by atoms with Crippen LogP contribution in [0.5, 0.6) is 5.88 Å². The lowest BCUT2D eigenvalue weighted by atomic mass is 10.0. The molecule has 10 heteroatoms. The van der Waals surface area contributed by atoms with E-state index in [9.17, 15) is 14.4 Å². The van der Waals surface area contributed by atoms with E-state index in [-0.39, 0.29) is 23.8 Å². The first kappa shape index (κ1) is 24.7. The Labute approximate surface area is 197 Å². The second kappa shape index (κ2) is 9.90. The second-order valence-corrected chi connectivity index (χ2v) is 8.86. The number of carbonyl (C=O) groups excluding carboxylic acids is 3. The Morgan fingerprint density at radius 3 is 2.50 bits per heavy atom. The van der Waals surface area contributed by atoms with Crippen LogP contribution in [-0.2, 0) is 9.53 Å². The average Bonchev–Trinajstić information content (AvgIpc) is 3.19. The van der Waals surface area contributed by atoms with Gasteiger partial charge in [-0.2, -0.15) is 5.10 Å². The van der Waals surface area contributed by atoms with Crippen LogP contribution in [-0.4, -0.2) is 58.8 Å². The Morgan fingerprint density at radius 1 is 1.12 bits per heavy atom. The van der Waals surface area contributed by atoms with Crippen LogP contribution in [0.1, 0.15) is 55.0 Å². The first-order valence-electron chi connectivity index (χ1n) is 10.8. The number of amides is 2. The standard InChI is InChI=1S/C24H29N5O5/c1-13(9-19(30)34-24(2,3)4)27-21(31)17-10-15(12-26-23(17)33-6)14-7-8-16-18(11-14)28-29-20(16)22(32)25-5/h7-8,10-13H,9H2,1-6H3,(H,25,32)(H,27,31)(H,28,29)/t13-/m0/s1. The van der Waals surface area contributed by atoms with Crippen molar-refractivity contribution >= 4 is 28.7 Å². The maximum Gasteiger partial charge on any atom is 0.308 e. The molecule has 0 bridgehead atoms. The number of esters is 1. The third kappa shape index (κ3) is 5.69. The van der Waals surface area contributed by atoms with Crippen molar-refractivity contribution in [3.8, 4) is 17.0 Å². The number of rotatable bonds is 7. The van der Waals surface area contributed by atoms with E-state index in [2.05, 4.69) is 25.8 Å². The number of pyridine rings is 1. The molecule has 2 aromatic heterocycles. The fourth-order valence-corrected chi connectivity index (χ4v) is 3.41. The lowest BCUT2D eigenvalue weighted by molar-refractivity contribution is -0.155. The number of aromatic amines is 1. The molecule has 1 atom stereocenters. The maximum absolute atomic E-state index is 13.0. The number of H-pyrrole nitrogens is 1. The van der Waals surface area contributed by atoms with Gasteiger partial charge in [0.1, 0.15) is 11.2 Å². The molecule has 1 aromatic carbocycles. The van der Waals surface area contributed by atoms with Gasteiger partial charge in [0, 0.05) is 30.2 Å². The van der Waals surface area contributed by atoms with Gasteiger partial charge in [0.2, 0.25) is 5.88 Å². The van der Waals surface area contributed by atoms with E-state index in [1.165, 1.54) is 7.11 Å². The number of ether oxygens (including phenoxy) is 2. The zero-order chi connectivity index (χ0) is 25.0. The van der Waals surface area contributed by atoms with Gasteiger partial charge in [-0.05, 0) is 51.5 Å². The molecule has 2 heterocycles. The monoisotopic (exact) mass is 467 g/mol. The Balaban J connectivity index is 1.83. The van der Waals surface area contributed by atoms with Crippen LogP contribution in [0.25, 0.3) is 22.0 Å². The number of nitrogens with one attached hydrogen (secondary N) is 3. The van der Waals surface area contributed by atoms with Crippen LogP contribution in [0.4, 0.5) is 0 Å². The first-order chi connectivity index (χ1) is 16.0. The van der Waals surface area contributed by atoms with Crippen LogP contribution >= 0.6 is 0 Å². The highest BCUT2D eigenvalue weighted by Gasteiger charge is 2.22. The molecular formula is C24H29N5O5. The third-order valence-corrected chi connectivity index (χ3v) is 4.90. The normalized spacial score (nSPS) is 12.2. The zero-order valence-corrected chi connectivity index (χ0v) is 20.1. The van der Waals surface area contributed by atoms with Crippen LogP contribution in [0.2, 0.25) is 0 Å². The number of fused-ring (bicyclic) bond motifs is 1. The Bertz CT molecular complexity index is 1230. The van der Waals surface area contributed by atoms with Crippen molar-refractivity contribution in [2.75, 3.05) is 14.2 Å². The number of carbonyl (C=O) groups is 3. The molecule has 0 radical (unpaired) electrons. The minimum absolute atomic E-state index is 0.0304. The first-order valence-corrected chi connectivity index (χ1v) is 10.8. The Hall–Kier alpha value is -3.95. The molecule has 0 unspecified atom stereocenters. The van der Waals surface area contributed by atoms with Crippen LogP contribution in [0.3, 0.4) is 0 Å². The summed E-state index contributed by atoms with van der Waals surface area (Å²) in [5.74, 6) is -0.949. The average molecular weight is 468 g/mol. The van der Waals surface area contributed by atoms with Crippen LogP contribution < -0.4 is 15.4 Å². The summed E-state index contributed by atoms with van der Waals surface area (Å²) in [6.07, 6.45) is 1.62. The van der Waals surface area contributed by atoms with Gasteiger partial charge >= 0.3 is 5.97 Å². The summed E-state index contributed by atoms with van der Waals surface area (Å²) >= 11 is 0. The molecule has 3 rings (SSSR count). The zero-order valence-electron chi connectivity index (χ0n) is 20.1. The largest absolute Gasteiger partial charge is 0.480 e. The number of benzene rings is 1. The van der Waals surface area contributed by atoms with Crippen molar-refractivity contribution in [2.45, 2.75) is 45.8 Å². The van der Waals surface area contributed by atoms with Crippen molar-refractivity contribution in [3.05, 3.63) is 41.7 Å². The molecule has 0 aliphatic rings. The van der Waals surface area contributed by atoms with Crippen LogP contribution in [0.15, 0.2) is 30.5 Å². The molecule has 0 aliphatic heterocycles. The topological polar surface area (TPSA) is 135 Å². The molecule has 2 amide bonds. The fourth-order valence-electron chi connectivity index (χ4n) is 3.41. The maximum atomic E-state index is 13.0. The van der Waals surface area contributed by atoms with E-state index >= 15 is 0 Å². The minimum Gasteiger partial charge on any atom is -0.480 e. The van der Waals surface area contributed by atoms with Gasteiger partial charge in [-0.25, -0.2) is 4.98 Å². The van der Waals surface area contributed by atoms with E-state index in [0.29, 0.717) is 22.2 Å². The smallest absolute Gasteiger partial charge is 0.308 e. The van der Waals surface area contributed by atoms with Crippen molar-refractivity contribution in [1.29, 1.82) is 0 Å². The summed E-state index contributed by atoms with van der Waals surface area (Å²) in [4.78, 5) is 41.3. The van der Waals surface area contributed by atoms with E-state index in [1.54, 1.807) is 53.1 Å². The van der Waals surface area contributed by atoms with Crippen LogP contribution in [0, 0.1) is 0 Å². The predicted octanol–water partition coefficient (Wildman–Crippen LogP) is 2.84. The Morgan fingerprint density at radius 2 is 1.85 bits per heavy atom. The van der Waals surface area contributed by atoms with E-state index in [0.717, 1.165) is 5.56 Å². The number of aromatic nitrogens is 3. The third-order valence-electron chi connectivity index (χ3n) is 4.90. The summed E-state index contributed by atoms with van der Waals surface area (Å²) < 4.78 is 10.6. The number of hydrogen-bond donors (Lipinski definition) is 3. The summed E-state index contributed by atoms with van der Waals surface area (Å²) in [7, 11) is 2.97. The summed E-state index contributed by atoms with van der Waals surface area (Å²) in [6, 6.07) is 6.63. The second-order valence-electron chi connectivity index (χ2n) is 8.86. The highest BCUT2D eigenvalue weighted by molar-refractivity contribution is 6.05. The van der Waals surface area contributed by atoms with E-state index in [4.69, 9.17) is 9.47 Å². The Kier molecular flexibility index (Phi) is 7.19. The summed E-state index contributed by atoms with van der Waals surface area (Å²) in [5, 5.41) is 13.0. The van der Waals surface area contributed by atoms with Gasteiger partial charge in [-0.3, -0.25) is 19.5 Å². The minimum atomic E-state index is -0.598. The molecule has 3 aromatic rings. The van der Waals surface area contributed by atoms with Crippen molar-refractivity contribution in [3.63, 3.8) is 0 Å². The number of hydrogen-bond acceptors (Lipinski definition) is 7. The molecule has 0 fully saturated rings. The van der Waals surface area contributed by atoms with E-state index in [1.807, 2.05) is 12.1 Å². The summed E-state index contributed by atoms with van der Waals surface area (Å²) in [5.41, 5.74) is 2.04. The molecule has 0 saturated carbocycles. The number of methoxy groups -OCH3 is 1. The van der Waals surface area contributed by atoms with Gasteiger partial charge in [0.15, 0.2) is 5.69 Å². The fraction of sp³-hybridized carbons (Fsp3) is 0.375. The molecule has 0 aliphatic carbocycles. The van der Waals surface area contributed by atoms with Crippen molar-refractivity contribution in [1.82, 2.24) is 25.8 Å². The summed E-state index contributed by atoms with van der Waals surface area (Å²) in [6.45, 7) is 7.09. The van der Waals surface area contributed by atoms with Gasteiger partial charge in [0.25, 0.3) is 11.8 Å². The number of nitrogens with zero attached hydrogens (tertiary/aromatic N) is 2. The van der Waals surface area contributed by atoms with Crippen molar-refractivity contribution < 1.29 is 23.9 Å². The molecule has 10 nitrogen and oxygen atoms in total. The predicted molar refractivity (Wildman–Crippen MR) is 127 cm³/mol. The van der Waals surface area contributed by atoms with Gasteiger partial charge in [-0.1, -0.05) is 6.07 Å². The molecule has 34 heavy (non-hydrogen) atoms.